The maximum absolute atomic E-state index is 7.31. The van der Waals surface area contributed by atoms with Crippen LogP contribution < -0.4 is 4.90 Å². The van der Waals surface area contributed by atoms with E-state index in [1.54, 1.807) is 0 Å². The van der Waals surface area contributed by atoms with Crippen LogP contribution in [0.4, 0.5) is 17.1 Å². The lowest BCUT2D eigenvalue weighted by Gasteiger charge is -2.30. The Morgan fingerprint density at radius 1 is 0.441 bits per heavy atom. The molecule has 292 valence electrons. The predicted molar refractivity (Wildman–Crippen MR) is 248 cm³/mol. The SMILES string of the molecule is CC(C)(C)c1cc(C(C)(C)C)c2oc3c4c(ccc3c2c1)C(C)(C)c1cccc(N(c2ccc3c(c2)C(C)(C)c2ccccc2-3)c2ccc3oc5ccccc5c3c2)c1-4. The minimum atomic E-state index is -0.255. The molecule has 0 atom stereocenters. The van der Waals surface area contributed by atoms with Gasteiger partial charge in [0.25, 0.3) is 0 Å². The Morgan fingerprint density at radius 2 is 1.10 bits per heavy atom. The smallest absolute Gasteiger partial charge is 0.143 e. The van der Waals surface area contributed by atoms with Crippen LogP contribution in [0.2, 0.25) is 0 Å². The Hall–Kier alpha value is -6.06. The third-order valence-corrected chi connectivity index (χ3v) is 13.7. The van der Waals surface area contributed by atoms with Crippen LogP contribution in [0.3, 0.4) is 0 Å². The monoisotopic (exact) mass is 769 g/mol. The van der Waals surface area contributed by atoms with Gasteiger partial charge in [0.1, 0.15) is 22.3 Å². The zero-order valence-corrected chi connectivity index (χ0v) is 35.9. The molecule has 0 radical (unpaired) electrons. The molecule has 11 rings (SSSR count). The lowest BCUT2D eigenvalue weighted by Crippen LogP contribution is -2.17. The minimum Gasteiger partial charge on any atom is -0.456 e. The van der Waals surface area contributed by atoms with E-state index in [2.05, 4.69) is 195 Å². The lowest BCUT2D eigenvalue weighted by atomic mass is 9.79. The van der Waals surface area contributed by atoms with Crippen LogP contribution in [0.1, 0.15) is 103 Å². The zero-order valence-electron chi connectivity index (χ0n) is 35.9. The Kier molecular flexibility index (Phi) is 7.20. The standard InChI is InChI=1S/C56H51NO2/c1-53(2,3)32-28-40-38-25-26-43-50(52(38)59-51(40)45(29-32)54(4,5)6)49-42(56(43,9)10)19-15-20-46(49)57(33-23-27-48-39(30-33)37-17-12-14-21-47(37)58-48)34-22-24-36-35-16-11-13-18-41(35)55(7,8)44(36)31-34/h11-31H,1-10H3. The molecule has 2 aliphatic rings. The topological polar surface area (TPSA) is 29.5 Å². The molecule has 0 saturated heterocycles. The van der Waals surface area contributed by atoms with Crippen molar-refractivity contribution in [1.82, 2.24) is 0 Å². The number of benzene rings is 7. The maximum atomic E-state index is 7.31. The molecular weight excluding hydrogens is 719 g/mol. The van der Waals surface area contributed by atoms with E-state index in [0.717, 1.165) is 50.2 Å². The second-order valence-corrected chi connectivity index (χ2v) is 20.2. The van der Waals surface area contributed by atoms with Crippen molar-refractivity contribution < 1.29 is 8.83 Å². The first-order chi connectivity index (χ1) is 28.0. The van der Waals surface area contributed by atoms with Gasteiger partial charge in [-0.25, -0.2) is 0 Å². The van der Waals surface area contributed by atoms with E-state index in [1.807, 2.05) is 6.07 Å². The van der Waals surface area contributed by atoms with Crippen LogP contribution >= 0.6 is 0 Å². The molecule has 0 spiro atoms. The first-order valence-corrected chi connectivity index (χ1v) is 21.2. The van der Waals surface area contributed by atoms with Gasteiger partial charge in [0.15, 0.2) is 0 Å². The molecule has 0 saturated carbocycles. The van der Waals surface area contributed by atoms with Gasteiger partial charge in [-0.3, -0.25) is 0 Å². The van der Waals surface area contributed by atoms with E-state index < -0.39 is 0 Å². The van der Waals surface area contributed by atoms with Crippen molar-refractivity contribution in [2.24, 2.45) is 0 Å². The van der Waals surface area contributed by atoms with Crippen LogP contribution in [0.15, 0.2) is 136 Å². The fourth-order valence-corrected chi connectivity index (χ4v) is 10.5. The van der Waals surface area contributed by atoms with Gasteiger partial charge in [-0.1, -0.05) is 148 Å². The summed E-state index contributed by atoms with van der Waals surface area (Å²) in [6, 6.07) is 47.4. The van der Waals surface area contributed by atoms with Gasteiger partial charge in [0.05, 0.1) is 5.69 Å². The molecule has 2 aromatic heterocycles. The first-order valence-electron chi connectivity index (χ1n) is 21.2. The normalized spacial score (nSPS) is 15.2. The van der Waals surface area contributed by atoms with Gasteiger partial charge >= 0.3 is 0 Å². The van der Waals surface area contributed by atoms with Crippen molar-refractivity contribution >= 4 is 60.9 Å². The molecule has 3 heteroatoms. The number of fused-ring (bicyclic) bond motifs is 13. The summed E-state index contributed by atoms with van der Waals surface area (Å²) in [5.74, 6) is 0. The number of hydrogen-bond acceptors (Lipinski definition) is 3. The summed E-state index contributed by atoms with van der Waals surface area (Å²) in [5.41, 5.74) is 19.5. The first kappa shape index (κ1) is 36.1. The largest absolute Gasteiger partial charge is 0.456 e. The molecule has 7 aromatic carbocycles. The van der Waals surface area contributed by atoms with Crippen LogP contribution in [0.5, 0.6) is 0 Å². The van der Waals surface area contributed by atoms with Gasteiger partial charge in [0, 0.05) is 60.4 Å². The van der Waals surface area contributed by atoms with Crippen molar-refractivity contribution in [2.45, 2.75) is 90.9 Å². The molecule has 0 bridgehead atoms. The Labute approximate surface area is 347 Å². The molecule has 0 amide bonds. The average molecular weight is 770 g/mol. The molecule has 0 N–H and O–H groups in total. The highest BCUT2D eigenvalue weighted by molar-refractivity contribution is 6.15. The quantitative estimate of drug-likeness (QED) is 0.179. The van der Waals surface area contributed by atoms with E-state index in [9.17, 15) is 0 Å². The second-order valence-electron chi connectivity index (χ2n) is 20.2. The highest BCUT2D eigenvalue weighted by atomic mass is 16.3. The molecule has 2 heterocycles. The summed E-state index contributed by atoms with van der Waals surface area (Å²) < 4.78 is 13.7. The summed E-state index contributed by atoms with van der Waals surface area (Å²) in [6.07, 6.45) is 0. The number of rotatable bonds is 3. The van der Waals surface area contributed by atoms with Crippen LogP contribution in [0.25, 0.3) is 66.1 Å². The number of furan rings is 2. The van der Waals surface area contributed by atoms with Gasteiger partial charge < -0.3 is 13.7 Å². The minimum absolute atomic E-state index is 0.00994. The molecule has 0 unspecified atom stereocenters. The van der Waals surface area contributed by atoms with Crippen molar-refractivity contribution in [3.63, 3.8) is 0 Å². The molecule has 59 heavy (non-hydrogen) atoms. The van der Waals surface area contributed by atoms with E-state index in [4.69, 9.17) is 8.83 Å². The molecule has 3 nitrogen and oxygen atoms in total. The lowest BCUT2D eigenvalue weighted by molar-refractivity contribution is 0.559. The zero-order chi connectivity index (χ0) is 41.0. The summed E-state index contributed by atoms with van der Waals surface area (Å²) in [4.78, 5) is 2.49. The third-order valence-electron chi connectivity index (χ3n) is 13.7. The van der Waals surface area contributed by atoms with Gasteiger partial charge in [-0.2, -0.15) is 0 Å². The number of para-hydroxylation sites is 1. The summed E-state index contributed by atoms with van der Waals surface area (Å²) in [6.45, 7) is 23.3. The van der Waals surface area contributed by atoms with Crippen molar-refractivity contribution in [1.29, 1.82) is 0 Å². The van der Waals surface area contributed by atoms with E-state index in [1.165, 1.54) is 66.4 Å². The summed E-state index contributed by atoms with van der Waals surface area (Å²) in [5, 5.41) is 4.59. The average Bonchev–Trinajstić information content (AvgIpc) is 3.90. The molecule has 2 aliphatic carbocycles. The Balaban J connectivity index is 1.22. The number of nitrogens with zero attached hydrogens (tertiary/aromatic N) is 1. The fraction of sp³-hybridized carbons (Fsp3) is 0.250. The molecule has 0 aliphatic heterocycles. The highest BCUT2D eigenvalue weighted by Crippen LogP contribution is 2.58. The van der Waals surface area contributed by atoms with E-state index >= 15 is 0 Å². The van der Waals surface area contributed by atoms with Gasteiger partial charge in [-0.05, 0) is 98.3 Å². The van der Waals surface area contributed by atoms with Crippen molar-refractivity contribution in [3.05, 3.63) is 161 Å². The molecular formula is C56H51NO2. The van der Waals surface area contributed by atoms with Crippen LogP contribution in [0, 0.1) is 0 Å². The van der Waals surface area contributed by atoms with E-state index in [0.29, 0.717) is 0 Å². The van der Waals surface area contributed by atoms with Crippen molar-refractivity contribution in [3.8, 4) is 22.3 Å². The molecule has 9 aromatic rings. The van der Waals surface area contributed by atoms with Crippen molar-refractivity contribution in [2.75, 3.05) is 4.90 Å². The maximum Gasteiger partial charge on any atom is 0.143 e. The second kappa shape index (κ2) is 11.8. The molecule has 0 fully saturated rings. The third kappa shape index (κ3) is 5.00. The number of hydrogen-bond donors (Lipinski definition) is 0. The van der Waals surface area contributed by atoms with Gasteiger partial charge in [0.2, 0.25) is 0 Å². The number of anilines is 3. The fourth-order valence-electron chi connectivity index (χ4n) is 10.5. The van der Waals surface area contributed by atoms with Crippen LogP contribution in [-0.4, -0.2) is 0 Å². The highest BCUT2D eigenvalue weighted by Gasteiger charge is 2.41. The van der Waals surface area contributed by atoms with Crippen LogP contribution in [-0.2, 0) is 21.7 Å². The summed E-state index contributed by atoms with van der Waals surface area (Å²) in [7, 11) is 0. The Morgan fingerprint density at radius 3 is 1.90 bits per heavy atom. The Bertz CT molecular complexity index is 3240. The summed E-state index contributed by atoms with van der Waals surface area (Å²) >= 11 is 0. The predicted octanol–water partition coefficient (Wildman–Crippen LogP) is 16.2. The van der Waals surface area contributed by atoms with E-state index in [-0.39, 0.29) is 21.7 Å². The van der Waals surface area contributed by atoms with Gasteiger partial charge in [-0.15, -0.1) is 0 Å².